The fourth-order valence-electron chi connectivity index (χ4n) is 5.10. The van der Waals surface area contributed by atoms with Gasteiger partial charge >= 0.3 is 20.9 Å². The SMILES string of the molecule is CC(Cc1ccccc1)c1ccc2cc(-c3ccc(CSCc4ccc(C(F)(F)P(=O)(O)O)c(Br)c4)cc3)cc(P(=O)(O)O)c2n1. The van der Waals surface area contributed by atoms with E-state index in [2.05, 4.69) is 15.9 Å². The van der Waals surface area contributed by atoms with Gasteiger partial charge in [0, 0.05) is 38.5 Å². The summed E-state index contributed by atoms with van der Waals surface area (Å²) in [4.78, 5) is 43.3. The molecule has 1 unspecified atom stereocenters. The van der Waals surface area contributed by atoms with Gasteiger partial charge in [0.2, 0.25) is 0 Å². The van der Waals surface area contributed by atoms with Gasteiger partial charge in [0.1, 0.15) is 0 Å². The van der Waals surface area contributed by atoms with Gasteiger partial charge in [0.05, 0.1) is 10.8 Å². The molecular weight excluding hydrogens is 718 g/mol. The molecular formula is C33H30BrF2NO6P2S. The summed E-state index contributed by atoms with van der Waals surface area (Å²) in [5.74, 6) is 1.11. The first-order valence-electron chi connectivity index (χ1n) is 14.1. The average Bonchev–Trinajstić information content (AvgIpc) is 3.00. The average molecular weight is 749 g/mol. The van der Waals surface area contributed by atoms with Crippen LogP contribution in [-0.2, 0) is 32.7 Å². The van der Waals surface area contributed by atoms with Crippen LogP contribution in [0.15, 0.2) is 102 Å². The summed E-state index contributed by atoms with van der Waals surface area (Å²) in [6.45, 7) is 2.04. The van der Waals surface area contributed by atoms with E-state index in [-0.39, 0.29) is 21.2 Å². The minimum atomic E-state index is -5.67. The molecule has 0 fully saturated rings. The maximum atomic E-state index is 14.1. The van der Waals surface area contributed by atoms with Crippen LogP contribution in [0.3, 0.4) is 0 Å². The number of thioether (sulfide) groups is 1. The van der Waals surface area contributed by atoms with E-state index in [9.17, 15) is 27.7 Å². The van der Waals surface area contributed by atoms with Crippen molar-refractivity contribution in [2.75, 3.05) is 0 Å². The summed E-state index contributed by atoms with van der Waals surface area (Å²) >= 11 is 4.54. The molecule has 7 nitrogen and oxygen atoms in total. The van der Waals surface area contributed by atoms with E-state index >= 15 is 0 Å². The molecule has 0 aliphatic rings. The van der Waals surface area contributed by atoms with Crippen molar-refractivity contribution in [3.05, 3.63) is 129 Å². The van der Waals surface area contributed by atoms with Gasteiger partial charge in [0.25, 0.3) is 0 Å². The number of pyridine rings is 1. The Morgan fingerprint density at radius 3 is 2.09 bits per heavy atom. The lowest BCUT2D eigenvalue weighted by Gasteiger charge is -2.19. The molecule has 5 aromatic rings. The molecule has 240 valence electrons. The zero-order valence-electron chi connectivity index (χ0n) is 24.4. The van der Waals surface area contributed by atoms with E-state index in [0.29, 0.717) is 28.0 Å². The van der Waals surface area contributed by atoms with Crippen LogP contribution < -0.4 is 5.30 Å². The van der Waals surface area contributed by atoms with Crippen molar-refractivity contribution < 1.29 is 37.5 Å². The molecule has 0 amide bonds. The minimum Gasteiger partial charge on any atom is -0.321 e. The Kier molecular flexibility index (Phi) is 10.4. The molecule has 0 aliphatic carbocycles. The molecule has 46 heavy (non-hydrogen) atoms. The molecule has 5 rings (SSSR count). The maximum Gasteiger partial charge on any atom is 0.399 e. The number of hydrogen-bond donors (Lipinski definition) is 4. The monoisotopic (exact) mass is 747 g/mol. The van der Waals surface area contributed by atoms with Crippen LogP contribution in [0, 0.1) is 0 Å². The number of fused-ring (bicyclic) bond motifs is 1. The predicted molar refractivity (Wildman–Crippen MR) is 182 cm³/mol. The molecule has 1 heterocycles. The first-order valence-corrected chi connectivity index (χ1v) is 19.2. The number of benzene rings is 4. The largest absolute Gasteiger partial charge is 0.399 e. The molecule has 0 saturated carbocycles. The zero-order chi connectivity index (χ0) is 33.3. The quantitative estimate of drug-likeness (QED) is 0.0992. The van der Waals surface area contributed by atoms with E-state index < -0.39 is 26.4 Å². The number of nitrogens with zero attached hydrogens (tertiary/aromatic N) is 1. The molecule has 0 aliphatic heterocycles. The number of alkyl halides is 2. The van der Waals surface area contributed by atoms with Gasteiger partial charge in [-0.1, -0.05) is 95.7 Å². The summed E-state index contributed by atoms with van der Waals surface area (Å²) in [5.41, 5.74) is 0.228. The third-order valence-electron chi connectivity index (χ3n) is 7.55. The van der Waals surface area contributed by atoms with Crippen molar-refractivity contribution in [1.29, 1.82) is 0 Å². The Morgan fingerprint density at radius 2 is 1.46 bits per heavy atom. The Labute approximate surface area is 277 Å². The minimum absolute atomic E-state index is 0.0416. The van der Waals surface area contributed by atoms with Crippen molar-refractivity contribution in [3.8, 4) is 11.1 Å². The number of halogens is 3. The predicted octanol–water partition coefficient (Wildman–Crippen LogP) is 8.47. The van der Waals surface area contributed by atoms with E-state index in [0.717, 1.165) is 34.9 Å². The van der Waals surface area contributed by atoms with E-state index in [1.165, 1.54) is 30.0 Å². The van der Waals surface area contributed by atoms with Crippen molar-refractivity contribution in [2.45, 2.75) is 36.4 Å². The lowest BCUT2D eigenvalue weighted by molar-refractivity contribution is 0.0557. The van der Waals surface area contributed by atoms with Gasteiger partial charge in [-0.05, 0) is 58.5 Å². The molecule has 0 spiro atoms. The first-order chi connectivity index (χ1) is 21.6. The highest BCUT2D eigenvalue weighted by atomic mass is 79.9. The van der Waals surface area contributed by atoms with Crippen LogP contribution in [0.4, 0.5) is 8.78 Å². The molecule has 4 N–H and O–H groups in total. The first kappa shape index (κ1) is 34.6. The molecule has 1 atom stereocenters. The molecule has 1 aromatic heterocycles. The smallest absolute Gasteiger partial charge is 0.321 e. The third-order valence-corrected chi connectivity index (χ3v) is 11.2. The molecule has 13 heteroatoms. The third kappa shape index (κ3) is 7.87. The standard InChI is InChI=1S/C33H30BrF2NO6P2S/c1-21(15-22-5-3-2-4-6-22)30-14-12-26-17-27(18-31(32(26)37-30)44(38,39)40)25-10-7-23(8-11-25)19-46-20-24-9-13-28(29(34)16-24)33(35,36)45(41,42)43/h2-14,16-18,21H,15,19-20H2,1H3,(H2,38,39,40)(H2,41,42,43). The van der Waals surface area contributed by atoms with Gasteiger partial charge in [-0.25, -0.2) is 0 Å². The second-order valence-electron chi connectivity index (χ2n) is 11.0. The van der Waals surface area contributed by atoms with Gasteiger partial charge in [0.15, 0.2) is 0 Å². The van der Waals surface area contributed by atoms with Crippen LogP contribution in [0.2, 0.25) is 0 Å². The topological polar surface area (TPSA) is 128 Å². The molecule has 0 bridgehead atoms. The Hall–Kier alpha value is -2.72. The molecule has 0 radical (unpaired) electrons. The number of aromatic nitrogens is 1. The number of hydrogen-bond acceptors (Lipinski definition) is 4. The summed E-state index contributed by atoms with van der Waals surface area (Å²) in [5, 5.41) is 0.506. The summed E-state index contributed by atoms with van der Waals surface area (Å²) in [7, 11) is -10.3. The summed E-state index contributed by atoms with van der Waals surface area (Å²) in [6.07, 6.45) is 0.745. The lowest BCUT2D eigenvalue weighted by atomic mass is 9.96. The second kappa shape index (κ2) is 13.8. The van der Waals surface area contributed by atoms with Crippen molar-refractivity contribution in [1.82, 2.24) is 4.98 Å². The second-order valence-corrected chi connectivity index (χ2v) is 16.1. The molecule has 4 aromatic carbocycles. The van der Waals surface area contributed by atoms with E-state index in [1.807, 2.05) is 79.7 Å². The van der Waals surface area contributed by atoms with Crippen LogP contribution >= 0.6 is 42.9 Å². The van der Waals surface area contributed by atoms with Gasteiger partial charge in [-0.3, -0.25) is 14.1 Å². The summed E-state index contributed by atoms with van der Waals surface area (Å²) < 4.78 is 52.0. The van der Waals surface area contributed by atoms with Crippen LogP contribution in [0.25, 0.3) is 22.0 Å². The zero-order valence-corrected chi connectivity index (χ0v) is 28.6. The lowest BCUT2D eigenvalue weighted by Crippen LogP contribution is -2.14. The van der Waals surface area contributed by atoms with Crippen molar-refractivity contribution in [2.24, 2.45) is 0 Å². The van der Waals surface area contributed by atoms with Crippen LogP contribution in [-0.4, -0.2) is 24.6 Å². The van der Waals surface area contributed by atoms with E-state index in [4.69, 9.17) is 14.8 Å². The Morgan fingerprint density at radius 1 is 0.804 bits per heavy atom. The summed E-state index contributed by atoms with van der Waals surface area (Å²) in [6, 6.07) is 28.5. The highest BCUT2D eigenvalue weighted by Gasteiger charge is 2.51. The Balaban J connectivity index is 1.31. The fourth-order valence-corrected chi connectivity index (χ4v) is 8.14. The maximum absolute atomic E-state index is 14.1. The van der Waals surface area contributed by atoms with Crippen molar-refractivity contribution in [3.63, 3.8) is 0 Å². The normalized spacial score (nSPS) is 13.2. The van der Waals surface area contributed by atoms with Gasteiger partial charge in [-0.2, -0.15) is 20.5 Å². The highest BCUT2D eigenvalue weighted by molar-refractivity contribution is 9.10. The van der Waals surface area contributed by atoms with Crippen LogP contribution in [0.1, 0.15) is 40.8 Å². The number of rotatable bonds is 11. The Bertz CT molecular complexity index is 1970. The molecule has 0 saturated heterocycles. The van der Waals surface area contributed by atoms with Gasteiger partial charge in [-0.15, -0.1) is 0 Å². The fraction of sp³-hybridized carbons (Fsp3) is 0.182. The highest BCUT2D eigenvalue weighted by Crippen LogP contribution is 2.60. The van der Waals surface area contributed by atoms with Crippen molar-refractivity contribution >= 4 is 59.1 Å². The van der Waals surface area contributed by atoms with E-state index in [1.54, 1.807) is 0 Å². The van der Waals surface area contributed by atoms with Crippen LogP contribution in [0.5, 0.6) is 0 Å². The van der Waals surface area contributed by atoms with Gasteiger partial charge < -0.3 is 19.6 Å².